The first-order valence-corrected chi connectivity index (χ1v) is 8.12. The molecule has 27 heavy (non-hydrogen) atoms. The number of hydrogen-bond acceptors (Lipinski definition) is 6. The van der Waals surface area contributed by atoms with E-state index >= 15 is 0 Å². The smallest absolute Gasteiger partial charge is 0.338 e. The summed E-state index contributed by atoms with van der Waals surface area (Å²) in [6.07, 6.45) is 0. The van der Waals surface area contributed by atoms with Gasteiger partial charge in [-0.3, -0.25) is 10.1 Å². The second-order valence-corrected chi connectivity index (χ2v) is 5.67. The Labute approximate surface area is 154 Å². The first-order chi connectivity index (χ1) is 13.1. The molecule has 7 heteroatoms. The summed E-state index contributed by atoms with van der Waals surface area (Å²) in [7, 11) is 1.82. The molecule has 0 unspecified atom stereocenters. The topological polar surface area (TPSA) is 85.8 Å². The van der Waals surface area contributed by atoms with Crippen molar-refractivity contribution in [3.63, 3.8) is 0 Å². The minimum absolute atomic E-state index is 0.0242. The fourth-order valence-corrected chi connectivity index (χ4v) is 2.56. The molecule has 0 N–H and O–H groups in total. The van der Waals surface area contributed by atoms with Gasteiger partial charge in [0.15, 0.2) is 5.75 Å². The lowest BCUT2D eigenvalue weighted by atomic mass is 10.2. The maximum atomic E-state index is 11.7. The van der Waals surface area contributed by atoms with E-state index in [1.807, 2.05) is 24.1 Å². The van der Waals surface area contributed by atoms with E-state index in [0.29, 0.717) is 12.1 Å². The van der Waals surface area contributed by atoms with Crippen LogP contribution in [0.25, 0.3) is 11.0 Å². The van der Waals surface area contributed by atoms with E-state index in [1.54, 1.807) is 24.3 Å². The molecule has 136 valence electrons. The molecule has 0 aliphatic heterocycles. The molecular weight excluding hydrogens is 348 g/mol. The second kappa shape index (κ2) is 8.06. The maximum absolute atomic E-state index is 11.7. The van der Waals surface area contributed by atoms with Crippen LogP contribution in [0.4, 0.5) is 11.4 Å². The molecule has 3 rings (SSSR count). The molecule has 2 aromatic carbocycles. The molecule has 0 fully saturated rings. The molecule has 3 aromatic rings. The Hall–Kier alpha value is -3.79. The molecule has 0 aliphatic rings. The molecule has 0 amide bonds. The lowest BCUT2D eigenvalue weighted by Crippen LogP contribution is -2.19. The summed E-state index contributed by atoms with van der Waals surface area (Å²) in [5.41, 5.74) is 0.706. The van der Waals surface area contributed by atoms with Gasteiger partial charge in [0.25, 0.3) is 0 Å². The van der Waals surface area contributed by atoms with E-state index in [1.165, 1.54) is 18.2 Å². The zero-order valence-electron chi connectivity index (χ0n) is 14.5. The van der Waals surface area contributed by atoms with Gasteiger partial charge >= 0.3 is 11.3 Å². The van der Waals surface area contributed by atoms with Crippen LogP contribution in [0.3, 0.4) is 0 Å². The molecule has 0 aliphatic carbocycles. The Morgan fingerprint density at radius 3 is 2.70 bits per heavy atom. The van der Waals surface area contributed by atoms with E-state index in [2.05, 4.69) is 11.8 Å². The Kier molecular flexibility index (Phi) is 5.38. The van der Waals surface area contributed by atoms with Crippen LogP contribution in [0.1, 0.15) is 0 Å². The van der Waals surface area contributed by atoms with Crippen LogP contribution >= 0.6 is 0 Å². The van der Waals surface area contributed by atoms with Gasteiger partial charge < -0.3 is 14.1 Å². The summed E-state index contributed by atoms with van der Waals surface area (Å²) in [6.45, 7) is 0.379. The molecular formula is C20H16N2O5. The highest BCUT2D eigenvalue weighted by Gasteiger charge is 2.12. The normalized spacial score (nSPS) is 10.1. The highest BCUT2D eigenvalue weighted by molar-refractivity contribution is 5.90. The van der Waals surface area contributed by atoms with Gasteiger partial charge in [0, 0.05) is 24.6 Å². The van der Waals surface area contributed by atoms with Gasteiger partial charge in [-0.2, -0.15) is 0 Å². The predicted molar refractivity (Wildman–Crippen MR) is 102 cm³/mol. The summed E-state index contributed by atoms with van der Waals surface area (Å²) < 4.78 is 10.6. The lowest BCUT2D eigenvalue weighted by Gasteiger charge is -2.17. The minimum atomic E-state index is -0.497. The van der Waals surface area contributed by atoms with Crippen LogP contribution in [0.2, 0.25) is 0 Å². The van der Waals surface area contributed by atoms with Crippen LogP contribution in [-0.2, 0) is 0 Å². The molecule has 0 saturated heterocycles. The lowest BCUT2D eigenvalue weighted by molar-refractivity contribution is -0.385. The van der Waals surface area contributed by atoms with Gasteiger partial charge in [0.05, 0.1) is 17.2 Å². The number of nitrogens with zero attached hydrogens (tertiary/aromatic N) is 2. The average Bonchev–Trinajstić information content (AvgIpc) is 2.67. The van der Waals surface area contributed by atoms with Crippen molar-refractivity contribution in [2.24, 2.45) is 0 Å². The number of benzene rings is 2. The van der Waals surface area contributed by atoms with E-state index in [-0.39, 0.29) is 18.0 Å². The summed E-state index contributed by atoms with van der Waals surface area (Å²) in [4.78, 5) is 24.0. The van der Waals surface area contributed by atoms with Crippen LogP contribution in [0.5, 0.6) is 5.75 Å². The van der Waals surface area contributed by atoms with E-state index < -0.39 is 10.5 Å². The fourth-order valence-electron chi connectivity index (χ4n) is 2.56. The van der Waals surface area contributed by atoms with Crippen LogP contribution in [-0.4, -0.2) is 25.1 Å². The maximum Gasteiger partial charge on any atom is 0.338 e. The molecule has 0 atom stereocenters. The number of para-hydroxylation sites is 3. The van der Waals surface area contributed by atoms with Crippen molar-refractivity contribution in [3.8, 4) is 17.6 Å². The first kappa shape index (κ1) is 18.0. The Morgan fingerprint density at radius 1 is 1.15 bits per heavy atom. The van der Waals surface area contributed by atoms with Gasteiger partial charge in [0.1, 0.15) is 12.2 Å². The van der Waals surface area contributed by atoms with Gasteiger partial charge in [-0.1, -0.05) is 36.1 Å². The first-order valence-electron chi connectivity index (χ1n) is 8.12. The van der Waals surface area contributed by atoms with Crippen LogP contribution in [0, 0.1) is 22.0 Å². The third-order valence-corrected chi connectivity index (χ3v) is 3.84. The Bertz CT molecular complexity index is 1090. The number of anilines is 1. The average molecular weight is 364 g/mol. The standard InChI is InChI=1S/C20H16N2O5/c1-21(17-14-20(23)27-18-10-4-2-8-15(17)18)12-6-7-13-26-19-11-5-3-9-16(19)22(24)25/h2-5,8-11,14H,12-13H2,1H3. The Morgan fingerprint density at radius 2 is 1.89 bits per heavy atom. The van der Waals surface area contributed by atoms with Crippen molar-refractivity contribution in [1.82, 2.24) is 0 Å². The second-order valence-electron chi connectivity index (χ2n) is 5.67. The SMILES string of the molecule is CN(CC#CCOc1ccccc1[N+](=O)[O-])c1cc(=O)oc2ccccc12. The number of hydrogen-bond donors (Lipinski definition) is 0. The quantitative estimate of drug-likeness (QED) is 0.299. The van der Waals surface area contributed by atoms with Crippen molar-refractivity contribution in [3.05, 3.63) is 75.1 Å². The zero-order valence-corrected chi connectivity index (χ0v) is 14.5. The summed E-state index contributed by atoms with van der Waals surface area (Å²) >= 11 is 0. The minimum Gasteiger partial charge on any atom is -0.474 e. The fraction of sp³-hybridized carbons (Fsp3) is 0.150. The van der Waals surface area contributed by atoms with Crippen molar-refractivity contribution in [2.75, 3.05) is 25.1 Å². The molecule has 0 radical (unpaired) electrons. The van der Waals surface area contributed by atoms with Gasteiger partial charge in [-0.05, 0) is 18.2 Å². The summed E-state index contributed by atoms with van der Waals surface area (Å²) in [5.74, 6) is 5.94. The number of rotatable bonds is 5. The van der Waals surface area contributed by atoms with Crippen LogP contribution in [0.15, 0.2) is 63.8 Å². The molecule has 0 spiro atoms. The molecule has 7 nitrogen and oxygen atoms in total. The summed E-state index contributed by atoms with van der Waals surface area (Å²) in [5, 5.41) is 11.8. The third kappa shape index (κ3) is 4.25. The van der Waals surface area contributed by atoms with Gasteiger partial charge in [-0.15, -0.1) is 0 Å². The van der Waals surface area contributed by atoms with Crippen molar-refractivity contribution in [2.45, 2.75) is 0 Å². The third-order valence-electron chi connectivity index (χ3n) is 3.84. The number of ether oxygens (including phenoxy) is 1. The van der Waals surface area contributed by atoms with Crippen molar-refractivity contribution in [1.29, 1.82) is 0 Å². The molecule has 1 heterocycles. The Balaban J connectivity index is 1.67. The number of fused-ring (bicyclic) bond motifs is 1. The van der Waals surface area contributed by atoms with E-state index in [4.69, 9.17) is 9.15 Å². The monoisotopic (exact) mass is 364 g/mol. The predicted octanol–water partition coefficient (Wildman–Crippen LogP) is 3.22. The highest BCUT2D eigenvalue weighted by Crippen LogP contribution is 2.25. The zero-order chi connectivity index (χ0) is 19.2. The van der Waals surface area contributed by atoms with Crippen molar-refractivity contribution < 1.29 is 14.1 Å². The van der Waals surface area contributed by atoms with Gasteiger partial charge in [0.2, 0.25) is 0 Å². The molecule has 0 bridgehead atoms. The highest BCUT2D eigenvalue weighted by atomic mass is 16.6. The number of nitro groups is 1. The molecule has 1 aromatic heterocycles. The molecule has 0 saturated carbocycles. The summed E-state index contributed by atoms with van der Waals surface area (Å²) in [6, 6.07) is 14.8. The number of nitro benzene ring substituents is 1. The largest absolute Gasteiger partial charge is 0.474 e. The van der Waals surface area contributed by atoms with Crippen LogP contribution < -0.4 is 15.3 Å². The van der Waals surface area contributed by atoms with E-state index in [0.717, 1.165) is 11.1 Å². The van der Waals surface area contributed by atoms with Gasteiger partial charge in [-0.25, -0.2) is 4.79 Å². The van der Waals surface area contributed by atoms with Crippen molar-refractivity contribution >= 4 is 22.3 Å². The van der Waals surface area contributed by atoms with E-state index in [9.17, 15) is 14.9 Å².